The van der Waals surface area contributed by atoms with Crippen LogP contribution in [0.1, 0.15) is 24.2 Å². The molecule has 5 heteroatoms. The second-order valence-electron chi connectivity index (χ2n) is 5.00. The fourth-order valence-electron chi connectivity index (χ4n) is 1.90. The van der Waals surface area contributed by atoms with Crippen molar-refractivity contribution in [3.63, 3.8) is 0 Å². The minimum Gasteiger partial charge on any atom is -0.374 e. The SMILES string of the molecule is CC(=O)c1ccc(NC(=O)[C@@H](C)Nc2ccc(I)cc2)cc1. The van der Waals surface area contributed by atoms with Gasteiger partial charge in [0.25, 0.3) is 0 Å². The molecule has 0 unspecified atom stereocenters. The summed E-state index contributed by atoms with van der Waals surface area (Å²) in [6.07, 6.45) is 0. The normalized spacial score (nSPS) is 11.6. The van der Waals surface area contributed by atoms with Gasteiger partial charge in [0.2, 0.25) is 5.91 Å². The first-order chi connectivity index (χ1) is 10.5. The number of benzene rings is 2. The Hall–Kier alpha value is -1.89. The van der Waals surface area contributed by atoms with Crippen LogP contribution in [0.2, 0.25) is 0 Å². The van der Waals surface area contributed by atoms with Crippen LogP contribution in [0.25, 0.3) is 0 Å². The molecular formula is C17H17IN2O2. The second kappa shape index (κ2) is 7.40. The molecular weight excluding hydrogens is 391 g/mol. The van der Waals surface area contributed by atoms with Crippen LogP contribution >= 0.6 is 22.6 Å². The molecule has 114 valence electrons. The van der Waals surface area contributed by atoms with Gasteiger partial charge in [-0.2, -0.15) is 0 Å². The molecule has 0 bridgehead atoms. The van der Waals surface area contributed by atoms with Crippen LogP contribution in [0.3, 0.4) is 0 Å². The molecule has 0 aliphatic rings. The van der Waals surface area contributed by atoms with Gasteiger partial charge in [-0.25, -0.2) is 0 Å². The van der Waals surface area contributed by atoms with Crippen LogP contribution in [0.15, 0.2) is 48.5 Å². The van der Waals surface area contributed by atoms with Crippen LogP contribution in [0.5, 0.6) is 0 Å². The minimum absolute atomic E-state index is 0.00613. The smallest absolute Gasteiger partial charge is 0.246 e. The Balaban J connectivity index is 1.95. The Kier molecular flexibility index (Phi) is 5.54. The molecule has 0 aliphatic carbocycles. The monoisotopic (exact) mass is 408 g/mol. The van der Waals surface area contributed by atoms with E-state index in [0.29, 0.717) is 11.3 Å². The summed E-state index contributed by atoms with van der Waals surface area (Å²) in [5.74, 6) is -0.124. The summed E-state index contributed by atoms with van der Waals surface area (Å²) in [6.45, 7) is 3.32. The van der Waals surface area contributed by atoms with Crippen molar-refractivity contribution in [1.82, 2.24) is 0 Å². The van der Waals surface area contributed by atoms with E-state index in [1.54, 1.807) is 31.2 Å². The fourth-order valence-corrected chi connectivity index (χ4v) is 2.26. The molecule has 2 aromatic carbocycles. The van der Waals surface area contributed by atoms with Crippen molar-refractivity contribution < 1.29 is 9.59 Å². The van der Waals surface area contributed by atoms with Crippen molar-refractivity contribution in [3.05, 3.63) is 57.7 Å². The van der Waals surface area contributed by atoms with Crippen LogP contribution in [0, 0.1) is 3.57 Å². The first-order valence-electron chi connectivity index (χ1n) is 6.89. The number of carbonyl (C=O) groups is 2. The maximum absolute atomic E-state index is 12.2. The molecule has 2 aromatic rings. The van der Waals surface area contributed by atoms with Gasteiger partial charge in [-0.3, -0.25) is 9.59 Å². The summed E-state index contributed by atoms with van der Waals surface area (Å²) in [5, 5.41) is 5.97. The van der Waals surface area contributed by atoms with Crippen LogP contribution in [-0.4, -0.2) is 17.7 Å². The molecule has 0 radical (unpaired) electrons. The number of anilines is 2. The first-order valence-corrected chi connectivity index (χ1v) is 7.97. The van der Waals surface area contributed by atoms with E-state index in [2.05, 4.69) is 33.2 Å². The van der Waals surface area contributed by atoms with E-state index in [1.807, 2.05) is 24.3 Å². The molecule has 2 N–H and O–H groups in total. The maximum Gasteiger partial charge on any atom is 0.246 e. The third-order valence-electron chi connectivity index (χ3n) is 3.18. The minimum atomic E-state index is -0.368. The van der Waals surface area contributed by atoms with Crippen molar-refractivity contribution in [2.45, 2.75) is 19.9 Å². The number of Topliss-reactive ketones (excluding diaryl/α,β-unsaturated/α-hetero) is 1. The third-order valence-corrected chi connectivity index (χ3v) is 3.90. The van der Waals surface area contributed by atoms with Gasteiger partial charge < -0.3 is 10.6 Å². The number of carbonyl (C=O) groups excluding carboxylic acids is 2. The van der Waals surface area contributed by atoms with Gasteiger partial charge in [0.05, 0.1) is 0 Å². The van der Waals surface area contributed by atoms with E-state index in [0.717, 1.165) is 9.26 Å². The van der Waals surface area contributed by atoms with Gasteiger partial charge in [-0.15, -0.1) is 0 Å². The highest BCUT2D eigenvalue weighted by Gasteiger charge is 2.12. The zero-order chi connectivity index (χ0) is 16.1. The van der Waals surface area contributed by atoms with E-state index >= 15 is 0 Å². The molecule has 0 aliphatic heterocycles. The van der Waals surface area contributed by atoms with Gasteiger partial charge >= 0.3 is 0 Å². The van der Waals surface area contributed by atoms with E-state index in [1.165, 1.54) is 6.92 Å². The van der Waals surface area contributed by atoms with Crippen LogP contribution in [-0.2, 0) is 4.79 Å². The van der Waals surface area contributed by atoms with Gasteiger partial charge in [0.15, 0.2) is 5.78 Å². The molecule has 0 saturated carbocycles. The number of ketones is 1. The average Bonchev–Trinajstić information content (AvgIpc) is 2.50. The highest BCUT2D eigenvalue weighted by atomic mass is 127. The van der Waals surface area contributed by atoms with Gasteiger partial charge in [-0.05, 0) is 85.0 Å². The van der Waals surface area contributed by atoms with Crippen LogP contribution < -0.4 is 10.6 Å². The summed E-state index contributed by atoms with van der Waals surface area (Å²) in [7, 11) is 0. The lowest BCUT2D eigenvalue weighted by Gasteiger charge is -2.15. The predicted molar refractivity (Wildman–Crippen MR) is 97.3 cm³/mol. The molecule has 22 heavy (non-hydrogen) atoms. The maximum atomic E-state index is 12.2. The third kappa shape index (κ3) is 4.56. The van der Waals surface area contributed by atoms with E-state index in [4.69, 9.17) is 0 Å². The van der Waals surface area contributed by atoms with Crippen molar-refractivity contribution >= 4 is 45.7 Å². The number of rotatable bonds is 5. The molecule has 0 saturated heterocycles. The Bertz CT molecular complexity index is 666. The Morgan fingerprint density at radius 2 is 1.50 bits per heavy atom. The Morgan fingerprint density at radius 1 is 0.955 bits per heavy atom. The predicted octanol–water partition coefficient (Wildman–Crippen LogP) is 3.93. The topological polar surface area (TPSA) is 58.2 Å². The fraction of sp³-hybridized carbons (Fsp3) is 0.176. The molecule has 0 heterocycles. The molecule has 2 rings (SSSR count). The Labute approximate surface area is 143 Å². The highest BCUT2D eigenvalue weighted by molar-refractivity contribution is 14.1. The lowest BCUT2D eigenvalue weighted by atomic mass is 10.1. The molecule has 0 fully saturated rings. The highest BCUT2D eigenvalue weighted by Crippen LogP contribution is 2.14. The lowest BCUT2D eigenvalue weighted by Crippen LogP contribution is -2.31. The van der Waals surface area contributed by atoms with Crippen molar-refractivity contribution in [3.8, 4) is 0 Å². The van der Waals surface area contributed by atoms with Crippen molar-refractivity contribution in [2.24, 2.45) is 0 Å². The molecule has 0 aromatic heterocycles. The summed E-state index contributed by atoms with van der Waals surface area (Å²) in [5.41, 5.74) is 2.20. The van der Waals surface area contributed by atoms with Gasteiger partial charge in [0.1, 0.15) is 6.04 Å². The molecule has 0 spiro atoms. The molecule has 1 atom stereocenters. The van der Waals surface area contributed by atoms with Gasteiger partial charge in [-0.1, -0.05) is 0 Å². The number of hydrogen-bond acceptors (Lipinski definition) is 3. The quantitative estimate of drug-likeness (QED) is 0.582. The summed E-state index contributed by atoms with van der Waals surface area (Å²) in [6, 6.07) is 14.3. The number of hydrogen-bond donors (Lipinski definition) is 2. The molecule has 1 amide bonds. The lowest BCUT2D eigenvalue weighted by molar-refractivity contribution is -0.116. The summed E-state index contributed by atoms with van der Waals surface area (Å²) < 4.78 is 1.14. The average molecular weight is 408 g/mol. The van der Waals surface area contributed by atoms with E-state index < -0.39 is 0 Å². The number of amides is 1. The van der Waals surface area contributed by atoms with Gasteiger partial charge in [0, 0.05) is 20.5 Å². The molecule has 4 nitrogen and oxygen atoms in total. The van der Waals surface area contributed by atoms with E-state index in [-0.39, 0.29) is 17.7 Å². The first kappa shape index (κ1) is 16.5. The zero-order valence-electron chi connectivity index (χ0n) is 12.4. The number of nitrogens with one attached hydrogen (secondary N) is 2. The largest absolute Gasteiger partial charge is 0.374 e. The van der Waals surface area contributed by atoms with Crippen LogP contribution in [0.4, 0.5) is 11.4 Å². The second-order valence-corrected chi connectivity index (χ2v) is 6.24. The summed E-state index contributed by atoms with van der Waals surface area (Å²) >= 11 is 2.23. The number of halogens is 1. The van der Waals surface area contributed by atoms with Crippen molar-refractivity contribution in [2.75, 3.05) is 10.6 Å². The van der Waals surface area contributed by atoms with E-state index in [9.17, 15) is 9.59 Å². The zero-order valence-corrected chi connectivity index (χ0v) is 14.5. The Morgan fingerprint density at radius 3 is 2.05 bits per heavy atom. The van der Waals surface area contributed by atoms with Crippen molar-refractivity contribution in [1.29, 1.82) is 0 Å². The summed E-state index contributed by atoms with van der Waals surface area (Å²) in [4.78, 5) is 23.4. The standard InChI is InChI=1S/C17H17IN2O2/c1-11(19-15-9-5-14(18)6-10-15)17(22)20-16-7-3-13(4-8-16)12(2)21/h3-11,19H,1-2H3,(H,20,22)/t11-/m1/s1.